The number of carbonyl (C=O) groups excluding carboxylic acids is 1. The highest BCUT2D eigenvalue weighted by atomic mass is 16.3. The number of amides is 1. The van der Waals surface area contributed by atoms with Crippen molar-refractivity contribution in [1.29, 1.82) is 5.26 Å². The molecule has 0 bridgehead atoms. The summed E-state index contributed by atoms with van der Waals surface area (Å²) in [5, 5.41) is 10.4. The Labute approximate surface area is 184 Å². The maximum atomic E-state index is 12.2. The first-order valence-electron chi connectivity index (χ1n) is 10.8. The molecule has 2 aliphatic rings. The summed E-state index contributed by atoms with van der Waals surface area (Å²) in [5.74, 6) is 2.86. The maximum Gasteiger partial charge on any atom is 0.264 e. The van der Waals surface area contributed by atoms with E-state index in [0.29, 0.717) is 29.4 Å². The number of hydrogen-bond acceptors (Lipinski definition) is 5. The number of fused-ring (bicyclic) bond motifs is 4. The van der Waals surface area contributed by atoms with Crippen LogP contribution in [-0.4, -0.2) is 44.4 Å². The molecule has 0 radical (unpaired) electrons. The van der Waals surface area contributed by atoms with Crippen LogP contribution in [0.15, 0.2) is 40.6 Å². The van der Waals surface area contributed by atoms with Crippen molar-refractivity contribution in [2.45, 2.75) is 25.3 Å². The number of rotatable bonds is 4. The second kappa shape index (κ2) is 6.82. The quantitative estimate of drug-likeness (QED) is 0.390. The van der Waals surface area contributed by atoms with E-state index in [1.165, 1.54) is 30.2 Å². The van der Waals surface area contributed by atoms with E-state index in [4.69, 9.17) is 9.40 Å². The Kier molecular flexibility index (Phi) is 4.02. The van der Waals surface area contributed by atoms with E-state index >= 15 is 0 Å². The molecule has 3 atom stereocenters. The second-order valence-corrected chi connectivity index (χ2v) is 8.86. The van der Waals surface area contributed by atoms with Crippen LogP contribution in [0, 0.1) is 23.2 Å². The van der Waals surface area contributed by atoms with Gasteiger partial charge in [-0.2, -0.15) is 5.26 Å². The van der Waals surface area contributed by atoms with Crippen LogP contribution in [-0.2, 0) is 4.79 Å². The zero-order valence-electron chi connectivity index (χ0n) is 17.9. The van der Waals surface area contributed by atoms with E-state index in [-0.39, 0.29) is 11.5 Å². The van der Waals surface area contributed by atoms with Gasteiger partial charge >= 0.3 is 0 Å². The molecule has 8 heteroatoms. The Hall–Kier alpha value is -3.86. The summed E-state index contributed by atoms with van der Waals surface area (Å²) in [5.41, 5.74) is 2.80. The van der Waals surface area contributed by atoms with E-state index in [2.05, 4.69) is 14.5 Å². The zero-order chi connectivity index (χ0) is 22.0. The number of nitriles is 1. The Balaban J connectivity index is 1.49. The molecule has 1 amide bonds. The van der Waals surface area contributed by atoms with Crippen molar-refractivity contribution in [3.05, 3.63) is 41.9 Å². The highest BCUT2D eigenvalue weighted by Crippen LogP contribution is 2.62. The van der Waals surface area contributed by atoms with Crippen LogP contribution < -0.4 is 0 Å². The first-order valence-corrected chi connectivity index (χ1v) is 10.8. The fourth-order valence-electron chi connectivity index (χ4n) is 5.30. The van der Waals surface area contributed by atoms with Crippen molar-refractivity contribution < 1.29 is 9.21 Å². The molecule has 0 saturated heterocycles. The molecule has 0 aliphatic heterocycles. The van der Waals surface area contributed by atoms with Gasteiger partial charge in [0.15, 0.2) is 11.6 Å². The number of aromatic nitrogens is 4. The lowest BCUT2D eigenvalue weighted by Crippen LogP contribution is -2.22. The summed E-state index contributed by atoms with van der Waals surface area (Å²) < 4.78 is 8.42. The Morgan fingerprint density at radius 3 is 2.88 bits per heavy atom. The fourth-order valence-corrected chi connectivity index (χ4v) is 5.30. The van der Waals surface area contributed by atoms with Crippen LogP contribution in [0.3, 0.4) is 0 Å². The molecule has 0 aromatic carbocycles. The third kappa shape index (κ3) is 2.71. The zero-order valence-corrected chi connectivity index (χ0v) is 17.9. The van der Waals surface area contributed by atoms with Gasteiger partial charge in [-0.1, -0.05) is 6.42 Å². The second-order valence-electron chi connectivity index (χ2n) is 8.86. The van der Waals surface area contributed by atoms with E-state index < -0.39 is 0 Å². The minimum Gasteiger partial charge on any atom is -0.453 e. The molecule has 1 unspecified atom stereocenters. The van der Waals surface area contributed by atoms with Crippen molar-refractivity contribution in [2.24, 2.45) is 11.8 Å². The van der Waals surface area contributed by atoms with Gasteiger partial charge in [0, 0.05) is 37.8 Å². The van der Waals surface area contributed by atoms with E-state index in [9.17, 15) is 10.1 Å². The van der Waals surface area contributed by atoms with Crippen LogP contribution in [0.25, 0.3) is 39.7 Å². The van der Waals surface area contributed by atoms with Crippen LogP contribution >= 0.6 is 0 Å². The number of nitrogens with one attached hydrogen (secondary N) is 1. The molecular formula is C24H22N6O2. The van der Waals surface area contributed by atoms with Gasteiger partial charge in [0.25, 0.3) is 5.91 Å². The number of aromatic amines is 1. The van der Waals surface area contributed by atoms with Crippen LogP contribution in [0.1, 0.15) is 31.1 Å². The lowest BCUT2D eigenvalue weighted by atomic mass is 10.2. The Morgan fingerprint density at radius 1 is 1.31 bits per heavy atom. The van der Waals surface area contributed by atoms with Crippen molar-refractivity contribution in [3.8, 4) is 17.7 Å². The smallest absolute Gasteiger partial charge is 0.264 e. The number of pyridine rings is 1. The van der Waals surface area contributed by atoms with Gasteiger partial charge in [-0.15, -0.1) is 0 Å². The molecule has 8 nitrogen and oxygen atoms in total. The SMILES string of the molecule is CN(C)C(=O)C(C#N)=Cc1ccc(-c2nc3cnc4[nH]ccc4c3n2C2[C@H]3CCC[C@@H]23)o1. The predicted octanol–water partition coefficient (Wildman–Crippen LogP) is 4.14. The summed E-state index contributed by atoms with van der Waals surface area (Å²) in [4.78, 5) is 26.2. The minimum atomic E-state index is -0.357. The predicted molar refractivity (Wildman–Crippen MR) is 119 cm³/mol. The lowest BCUT2D eigenvalue weighted by Gasteiger charge is -2.11. The van der Waals surface area contributed by atoms with E-state index in [0.717, 1.165) is 27.9 Å². The largest absolute Gasteiger partial charge is 0.453 e. The summed E-state index contributed by atoms with van der Waals surface area (Å²) >= 11 is 0. The Bertz CT molecular complexity index is 1440. The van der Waals surface area contributed by atoms with Crippen LogP contribution in [0.5, 0.6) is 0 Å². The molecule has 4 heterocycles. The van der Waals surface area contributed by atoms with Crippen molar-refractivity contribution in [2.75, 3.05) is 14.1 Å². The number of H-pyrrole nitrogens is 1. The number of likely N-dealkylation sites (N-methyl/N-ethyl adjacent to an activating group) is 1. The molecule has 0 spiro atoms. The first-order chi connectivity index (χ1) is 15.6. The molecule has 6 rings (SSSR count). The van der Waals surface area contributed by atoms with Crippen LogP contribution in [0.2, 0.25) is 0 Å². The molecule has 4 aromatic heterocycles. The van der Waals surface area contributed by atoms with Gasteiger partial charge < -0.3 is 18.9 Å². The molecule has 32 heavy (non-hydrogen) atoms. The number of carbonyl (C=O) groups is 1. The third-order valence-electron chi connectivity index (χ3n) is 6.78. The molecular weight excluding hydrogens is 404 g/mol. The van der Waals surface area contributed by atoms with E-state index in [1.54, 1.807) is 26.4 Å². The summed E-state index contributed by atoms with van der Waals surface area (Å²) in [6.07, 6.45) is 8.99. The average Bonchev–Trinajstić information content (AvgIpc) is 3.39. The molecule has 160 valence electrons. The van der Waals surface area contributed by atoms with Gasteiger partial charge in [0.05, 0.1) is 11.7 Å². The van der Waals surface area contributed by atoms with Gasteiger partial charge in [0.1, 0.15) is 28.6 Å². The third-order valence-corrected chi connectivity index (χ3v) is 6.78. The minimum absolute atomic E-state index is 0.0272. The highest BCUT2D eigenvalue weighted by molar-refractivity contribution is 6.03. The number of hydrogen-bond donors (Lipinski definition) is 1. The molecule has 1 N–H and O–H groups in total. The highest BCUT2D eigenvalue weighted by Gasteiger charge is 2.55. The standard InChI is InChI=1S/C24H22N6O2/c1-29(2)24(31)13(11-25)10-14-6-7-19(32-14)23-28-18-12-27-22-17(8-9-26-22)21(18)30(23)20-15-4-3-5-16(15)20/h6-10,12,15-16,20H,3-5H2,1-2H3,(H,26,27)/t15-,16+,20?. The van der Waals surface area contributed by atoms with Crippen LogP contribution in [0.4, 0.5) is 0 Å². The molecule has 2 aliphatic carbocycles. The van der Waals surface area contributed by atoms with Gasteiger partial charge in [-0.05, 0) is 42.9 Å². The number of furan rings is 1. The average molecular weight is 426 g/mol. The maximum absolute atomic E-state index is 12.2. The summed E-state index contributed by atoms with van der Waals surface area (Å²) in [7, 11) is 3.23. The van der Waals surface area contributed by atoms with Crippen molar-refractivity contribution >= 4 is 34.1 Å². The summed E-state index contributed by atoms with van der Waals surface area (Å²) in [6.45, 7) is 0. The van der Waals surface area contributed by atoms with Gasteiger partial charge in [-0.25, -0.2) is 9.97 Å². The number of imidazole rings is 1. The normalized spacial score (nSPS) is 22.3. The van der Waals surface area contributed by atoms with Gasteiger partial charge in [0.2, 0.25) is 0 Å². The fraction of sp³-hybridized carbons (Fsp3) is 0.333. The molecule has 2 fully saturated rings. The van der Waals surface area contributed by atoms with Crippen molar-refractivity contribution in [1.82, 2.24) is 24.4 Å². The lowest BCUT2D eigenvalue weighted by molar-refractivity contribution is -0.124. The summed E-state index contributed by atoms with van der Waals surface area (Å²) in [6, 6.07) is 8.06. The first kappa shape index (κ1) is 18.9. The molecule has 2 saturated carbocycles. The number of nitrogens with zero attached hydrogens (tertiary/aromatic N) is 5. The Morgan fingerprint density at radius 2 is 2.12 bits per heavy atom. The van der Waals surface area contributed by atoms with E-state index in [1.807, 2.05) is 24.4 Å². The van der Waals surface area contributed by atoms with Crippen molar-refractivity contribution in [3.63, 3.8) is 0 Å². The molecule has 4 aromatic rings. The topological polar surface area (TPSA) is 104 Å². The van der Waals surface area contributed by atoms with Gasteiger partial charge in [-0.3, -0.25) is 4.79 Å². The monoisotopic (exact) mass is 426 g/mol.